The van der Waals surface area contributed by atoms with Crippen molar-refractivity contribution in [3.8, 4) is 6.07 Å². The number of para-hydroxylation sites is 3. The fourth-order valence-electron chi connectivity index (χ4n) is 11.0. The Kier molecular flexibility index (Phi) is 8.02. The molecule has 0 N–H and O–H groups in total. The average molecular weight is 774 g/mol. The third kappa shape index (κ3) is 5.06. The molecule has 3 heterocycles. The molecule has 9 aromatic rings. The number of nitrogens with zero attached hydrogens (tertiary/aromatic N) is 3. The predicted molar refractivity (Wildman–Crippen MR) is 255 cm³/mol. The quantitative estimate of drug-likeness (QED) is 0.164. The van der Waals surface area contributed by atoms with Crippen molar-refractivity contribution in [1.29, 1.82) is 5.26 Å². The van der Waals surface area contributed by atoms with Gasteiger partial charge in [0.2, 0.25) is 13.4 Å². The Labute approximate surface area is 357 Å². The molecule has 3 nitrogen and oxygen atoms in total. The Bertz CT molecular complexity index is 3130. The van der Waals surface area contributed by atoms with Crippen LogP contribution in [0, 0.1) is 11.3 Å². The Hall–Kier alpha value is -7.80. The first-order chi connectivity index (χ1) is 30.3. The normalized spacial score (nSPS) is 13.9. The number of nitriles is 1. The van der Waals surface area contributed by atoms with Crippen molar-refractivity contribution >= 4 is 80.3 Å². The van der Waals surface area contributed by atoms with Gasteiger partial charge in [-0.25, -0.2) is 0 Å². The maximum absolute atomic E-state index is 9.95. The van der Waals surface area contributed by atoms with Crippen molar-refractivity contribution in [2.24, 2.45) is 0 Å². The van der Waals surface area contributed by atoms with Crippen molar-refractivity contribution in [2.75, 3.05) is 9.80 Å². The molecule has 0 amide bonds. The minimum absolute atomic E-state index is 0.0415. The molecule has 0 aromatic heterocycles. The second kappa shape index (κ2) is 13.9. The van der Waals surface area contributed by atoms with Crippen LogP contribution in [0.25, 0.3) is 0 Å². The van der Waals surface area contributed by atoms with E-state index in [0.29, 0.717) is 5.56 Å². The molecule has 0 bridgehead atoms. The Morgan fingerprint density at radius 3 is 1.51 bits per heavy atom. The van der Waals surface area contributed by atoms with Crippen LogP contribution in [0.3, 0.4) is 0 Å². The molecule has 3 aliphatic rings. The molecule has 12 rings (SSSR count). The second-order valence-electron chi connectivity index (χ2n) is 16.2. The van der Waals surface area contributed by atoms with E-state index in [1.54, 1.807) is 0 Å². The summed E-state index contributed by atoms with van der Waals surface area (Å²) in [6, 6.07) is 84.5. The highest BCUT2D eigenvalue weighted by atomic mass is 15.2. The first-order valence-corrected chi connectivity index (χ1v) is 21.1. The average Bonchev–Trinajstić information content (AvgIpc) is 3.34. The summed E-state index contributed by atoms with van der Waals surface area (Å²) in [6.07, 6.45) is 0. The molecule has 282 valence electrons. The van der Waals surface area contributed by atoms with Gasteiger partial charge in [-0.15, -0.1) is 0 Å². The maximum Gasteiger partial charge on any atom is 0.249 e. The fraction of sp³-hybridized carbons (Fsp3) is 0.0179. The number of benzene rings is 9. The van der Waals surface area contributed by atoms with Crippen LogP contribution in [0.4, 0.5) is 34.1 Å². The molecule has 5 heteroatoms. The predicted octanol–water partition coefficient (Wildman–Crippen LogP) is 8.85. The fourth-order valence-corrected chi connectivity index (χ4v) is 11.0. The van der Waals surface area contributed by atoms with Crippen LogP contribution in [0.15, 0.2) is 224 Å². The molecule has 0 unspecified atom stereocenters. The van der Waals surface area contributed by atoms with Gasteiger partial charge in [0, 0.05) is 34.1 Å². The number of hydrogen-bond acceptors (Lipinski definition) is 3. The molecule has 0 radical (unpaired) electrons. The lowest BCUT2D eigenvalue weighted by Crippen LogP contribution is -2.68. The minimum Gasteiger partial charge on any atom is -0.312 e. The molecule has 0 atom stereocenters. The van der Waals surface area contributed by atoms with E-state index >= 15 is 0 Å². The van der Waals surface area contributed by atoms with Crippen LogP contribution in [0.2, 0.25) is 0 Å². The molecular weight excluding hydrogens is 736 g/mol. The highest BCUT2D eigenvalue weighted by Gasteiger charge is 2.54. The van der Waals surface area contributed by atoms with Gasteiger partial charge < -0.3 is 9.80 Å². The molecule has 0 saturated carbocycles. The first-order valence-electron chi connectivity index (χ1n) is 21.1. The zero-order valence-corrected chi connectivity index (χ0v) is 33.4. The van der Waals surface area contributed by atoms with Crippen molar-refractivity contribution < 1.29 is 0 Å². The second-order valence-corrected chi connectivity index (χ2v) is 16.2. The summed E-state index contributed by atoms with van der Waals surface area (Å²) < 4.78 is 0. The van der Waals surface area contributed by atoms with E-state index in [-0.39, 0.29) is 13.4 Å². The van der Waals surface area contributed by atoms with Gasteiger partial charge >= 0.3 is 0 Å². The van der Waals surface area contributed by atoms with Crippen molar-refractivity contribution in [3.63, 3.8) is 0 Å². The van der Waals surface area contributed by atoms with E-state index in [0.717, 1.165) is 22.7 Å². The largest absolute Gasteiger partial charge is 0.312 e. The lowest BCUT2D eigenvalue weighted by atomic mass is 9.27. The van der Waals surface area contributed by atoms with Gasteiger partial charge in [-0.1, -0.05) is 181 Å². The number of rotatable bonds is 5. The highest BCUT2D eigenvalue weighted by molar-refractivity contribution is 7.02. The van der Waals surface area contributed by atoms with Crippen molar-refractivity contribution in [1.82, 2.24) is 0 Å². The molecule has 0 fully saturated rings. The number of fused-ring (bicyclic) bond motifs is 7. The Morgan fingerprint density at radius 1 is 0.393 bits per heavy atom. The molecule has 3 aliphatic heterocycles. The summed E-state index contributed by atoms with van der Waals surface area (Å²) in [5, 5.41) is 9.95. The summed E-state index contributed by atoms with van der Waals surface area (Å²) in [6.45, 7) is -0.139. The number of hydrogen-bond donors (Lipinski definition) is 0. The molecule has 9 aromatic carbocycles. The maximum atomic E-state index is 9.95. The van der Waals surface area contributed by atoms with E-state index in [1.165, 1.54) is 66.4 Å². The van der Waals surface area contributed by atoms with Crippen LogP contribution < -0.4 is 42.6 Å². The third-order valence-corrected chi connectivity index (χ3v) is 13.3. The Balaban J connectivity index is 1.34. The van der Waals surface area contributed by atoms with E-state index < -0.39 is 5.41 Å². The van der Waals surface area contributed by atoms with E-state index in [2.05, 4.69) is 228 Å². The van der Waals surface area contributed by atoms with Crippen molar-refractivity contribution in [3.05, 3.63) is 252 Å². The molecule has 61 heavy (non-hydrogen) atoms. The van der Waals surface area contributed by atoms with E-state index in [4.69, 9.17) is 0 Å². The van der Waals surface area contributed by atoms with Crippen LogP contribution in [0.5, 0.6) is 0 Å². The lowest BCUT2D eigenvalue weighted by Gasteiger charge is -2.51. The molecule has 0 saturated heterocycles. The van der Waals surface area contributed by atoms with Gasteiger partial charge in [-0.3, -0.25) is 0 Å². The monoisotopic (exact) mass is 773 g/mol. The number of anilines is 6. The zero-order chi connectivity index (χ0) is 40.5. The van der Waals surface area contributed by atoms with Crippen LogP contribution in [-0.4, -0.2) is 13.4 Å². The van der Waals surface area contributed by atoms with Gasteiger partial charge in [0.1, 0.15) is 0 Å². The SMILES string of the molecule is N#Cc1ccc(N2c3ccccc3B(c3ccccc3)c3c2cc2c4c3N(c3ccccc3)c3ccccc3B4c3ccccc3C2(c2ccccc2)c2ccccc2)cc1. The van der Waals surface area contributed by atoms with Gasteiger partial charge in [-0.05, 0) is 98.7 Å². The zero-order valence-electron chi connectivity index (χ0n) is 33.4. The van der Waals surface area contributed by atoms with Gasteiger partial charge in [0.05, 0.1) is 17.0 Å². The summed E-state index contributed by atoms with van der Waals surface area (Å²) in [5.41, 5.74) is 19.4. The third-order valence-electron chi connectivity index (χ3n) is 13.3. The summed E-state index contributed by atoms with van der Waals surface area (Å²) in [4.78, 5) is 5.03. The van der Waals surface area contributed by atoms with Crippen LogP contribution in [0.1, 0.15) is 27.8 Å². The van der Waals surface area contributed by atoms with Crippen LogP contribution >= 0.6 is 0 Å². The van der Waals surface area contributed by atoms with Gasteiger partial charge in [0.15, 0.2) is 0 Å². The molecular formula is C56H37B2N3. The molecule has 0 aliphatic carbocycles. The smallest absolute Gasteiger partial charge is 0.249 e. The Morgan fingerprint density at radius 2 is 0.885 bits per heavy atom. The lowest BCUT2D eigenvalue weighted by molar-refractivity contribution is 0.751. The summed E-state index contributed by atoms with van der Waals surface area (Å²) in [5.74, 6) is 0. The van der Waals surface area contributed by atoms with E-state index in [1.807, 2.05) is 12.1 Å². The van der Waals surface area contributed by atoms with E-state index in [9.17, 15) is 5.26 Å². The van der Waals surface area contributed by atoms with Gasteiger partial charge in [0.25, 0.3) is 0 Å². The summed E-state index contributed by atoms with van der Waals surface area (Å²) >= 11 is 0. The first kappa shape index (κ1) is 35.2. The topological polar surface area (TPSA) is 30.3 Å². The van der Waals surface area contributed by atoms with Crippen LogP contribution in [-0.2, 0) is 5.41 Å². The highest BCUT2D eigenvalue weighted by Crippen LogP contribution is 2.51. The van der Waals surface area contributed by atoms with Crippen molar-refractivity contribution in [2.45, 2.75) is 5.41 Å². The van der Waals surface area contributed by atoms with Gasteiger partial charge in [-0.2, -0.15) is 5.26 Å². The molecule has 0 spiro atoms. The minimum atomic E-state index is -0.682. The standard InChI is InChI=1S/C56H37B2N3/c59-38-39-33-35-44(36-34-39)60-50-31-17-15-29-48(50)57(42-23-9-3-10-24-42)54-52(60)37-46-53-55(54)61(43-25-11-4-12-26-43)51-32-18-16-30-49(51)58(53)47-28-14-13-27-45(47)56(46,40-19-5-1-6-20-40)41-21-7-2-8-22-41/h1-37H. The summed E-state index contributed by atoms with van der Waals surface area (Å²) in [7, 11) is 0.